The number of hydrogen-bond donors (Lipinski definition) is 0. The molecule has 0 bridgehead atoms. The third-order valence-electron chi connectivity index (χ3n) is 4.05. The van der Waals surface area contributed by atoms with Gasteiger partial charge in [0.1, 0.15) is 10.7 Å². The maximum Gasteiger partial charge on any atom is 0.273 e. The van der Waals surface area contributed by atoms with E-state index in [1.165, 1.54) is 11.3 Å². The highest BCUT2D eigenvalue weighted by atomic mass is 32.1. The summed E-state index contributed by atoms with van der Waals surface area (Å²) in [6, 6.07) is 6.15. The highest BCUT2D eigenvalue weighted by Crippen LogP contribution is 2.29. The molecule has 0 aliphatic carbocycles. The van der Waals surface area contributed by atoms with E-state index in [0.717, 1.165) is 35.8 Å². The van der Waals surface area contributed by atoms with E-state index in [1.54, 1.807) is 17.5 Å². The Morgan fingerprint density at radius 1 is 1.35 bits per heavy atom. The average Bonchev–Trinajstić information content (AvgIpc) is 3.33. The van der Waals surface area contributed by atoms with Crippen molar-refractivity contribution in [1.82, 2.24) is 19.7 Å². The number of hydrogen-bond acceptors (Lipinski definition) is 5. The van der Waals surface area contributed by atoms with Crippen LogP contribution < -0.4 is 0 Å². The molecule has 23 heavy (non-hydrogen) atoms. The summed E-state index contributed by atoms with van der Waals surface area (Å²) in [7, 11) is 0. The predicted octanol–water partition coefficient (Wildman–Crippen LogP) is 3.37. The van der Waals surface area contributed by atoms with E-state index in [1.807, 2.05) is 44.7 Å². The van der Waals surface area contributed by atoms with E-state index in [0.29, 0.717) is 5.69 Å². The first-order valence-electron chi connectivity index (χ1n) is 7.59. The molecule has 118 valence electrons. The molecule has 5 nitrogen and oxygen atoms in total. The van der Waals surface area contributed by atoms with Gasteiger partial charge < -0.3 is 4.90 Å². The molecule has 4 rings (SSSR count). The van der Waals surface area contributed by atoms with Gasteiger partial charge in [0.2, 0.25) is 0 Å². The Bertz CT molecular complexity index is 779. The fourth-order valence-electron chi connectivity index (χ4n) is 2.95. The van der Waals surface area contributed by atoms with Crippen molar-refractivity contribution in [2.24, 2.45) is 0 Å². The number of amides is 1. The molecule has 7 heteroatoms. The molecule has 1 aliphatic rings. The predicted molar refractivity (Wildman–Crippen MR) is 91.7 cm³/mol. The van der Waals surface area contributed by atoms with Crippen LogP contribution in [0.4, 0.5) is 0 Å². The van der Waals surface area contributed by atoms with Gasteiger partial charge >= 0.3 is 0 Å². The van der Waals surface area contributed by atoms with Gasteiger partial charge in [-0.1, -0.05) is 6.07 Å². The third-order valence-corrected chi connectivity index (χ3v) is 5.93. The van der Waals surface area contributed by atoms with Crippen molar-refractivity contribution in [1.29, 1.82) is 0 Å². The van der Waals surface area contributed by atoms with E-state index >= 15 is 0 Å². The zero-order valence-electron chi connectivity index (χ0n) is 12.5. The van der Waals surface area contributed by atoms with Gasteiger partial charge in [-0.15, -0.1) is 22.7 Å². The number of aromatic nitrogens is 3. The van der Waals surface area contributed by atoms with Crippen LogP contribution in [0.25, 0.3) is 9.88 Å². The Kier molecular flexibility index (Phi) is 3.97. The van der Waals surface area contributed by atoms with E-state index in [-0.39, 0.29) is 11.9 Å². The van der Waals surface area contributed by atoms with Gasteiger partial charge in [-0.3, -0.25) is 9.48 Å². The molecule has 1 saturated heterocycles. The molecule has 3 aromatic rings. The second-order valence-corrected chi connectivity index (χ2v) is 7.34. The summed E-state index contributed by atoms with van der Waals surface area (Å²) in [6.07, 6.45) is 5.78. The zero-order chi connectivity index (χ0) is 15.6. The number of nitrogens with zero attached hydrogens (tertiary/aromatic N) is 4. The fraction of sp³-hybridized carbons (Fsp3) is 0.312. The van der Waals surface area contributed by atoms with Gasteiger partial charge in [-0.2, -0.15) is 5.10 Å². The topological polar surface area (TPSA) is 51.0 Å². The van der Waals surface area contributed by atoms with E-state index in [2.05, 4.69) is 10.1 Å². The minimum Gasteiger partial charge on any atom is -0.332 e. The molecule has 0 unspecified atom stereocenters. The van der Waals surface area contributed by atoms with Crippen LogP contribution in [0.15, 0.2) is 41.4 Å². The van der Waals surface area contributed by atoms with Gasteiger partial charge in [0, 0.05) is 24.3 Å². The summed E-state index contributed by atoms with van der Waals surface area (Å²) >= 11 is 3.18. The molecule has 0 saturated carbocycles. The lowest BCUT2D eigenvalue weighted by Crippen LogP contribution is -2.38. The average molecular weight is 344 g/mol. The van der Waals surface area contributed by atoms with E-state index < -0.39 is 0 Å². The molecule has 1 atom stereocenters. The van der Waals surface area contributed by atoms with Crippen LogP contribution in [0, 0.1) is 0 Å². The Morgan fingerprint density at radius 2 is 2.30 bits per heavy atom. The normalized spacial score (nSPS) is 17.7. The van der Waals surface area contributed by atoms with Crippen LogP contribution in [-0.2, 0) is 6.54 Å². The zero-order valence-corrected chi connectivity index (χ0v) is 14.1. The Balaban J connectivity index is 1.51. The molecule has 0 N–H and O–H groups in total. The molecule has 0 aromatic carbocycles. The van der Waals surface area contributed by atoms with Crippen LogP contribution >= 0.6 is 22.7 Å². The van der Waals surface area contributed by atoms with Crippen molar-refractivity contribution < 1.29 is 4.79 Å². The number of carbonyl (C=O) groups is 1. The summed E-state index contributed by atoms with van der Waals surface area (Å²) < 4.78 is 1.90. The lowest BCUT2D eigenvalue weighted by Gasteiger charge is -2.23. The molecule has 1 fully saturated rings. The number of likely N-dealkylation sites (tertiary alicyclic amines) is 1. The van der Waals surface area contributed by atoms with Gasteiger partial charge in [0.05, 0.1) is 17.5 Å². The second-order valence-electron chi connectivity index (χ2n) is 5.54. The Morgan fingerprint density at radius 3 is 3.09 bits per heavy atom. The largest absolute Gasteiger partial charge is 0.332 e. The molecular formula is C16H16N4OS2. The standard InChI is InChI=1S/C16H16N4OS2/c21-16(13-11-23-15(18-13)14-5-2-9-22-14)20-8-1-4-12(20)10-19-7-3-6-17-19/h2-3,5-7,9,11-12H,1,4,8,10H2/t12-/m0/s1. The van der Waals surface area contributed by atoms with Crippen molar-refractivity contribution in [2.45, 2.75) is 25.4 Å². The summed E-state index contributed by atoms with van der Waals surface area (Å²) in [5.74, 6) is 0.0405. The minimum absolute atomic E-state index is 0.0405. The molecule has 1 amide bonds. The van der Waals surface area contributed by atoms with Crippen LogP contribution in [-0.4, -0.2) is 38.2 Å². The van der Waals surface area contributed by atoms with Crippen molar-refractivity contribution in [3.8, 4) is 9.88 Å². The third kappa shape index (κ3) is 2.94. The minimum atomic E-state index is 0.0405. The number of thiazole rings is 1. The number of carbonyl (C=O) groups excluding carboxylic acids is 1. The van der Waals surface area contributed by atoms with Crippen molar-refractivity contribution >= 4 is 28.6 Å². The van der Waals surface area contributed by atoms with Gasteiger partial charge in [-0.25, -0.2) is 4.98 Å². The van der Waals surface area contributed by atoms with Crippen molar-refractivity contribution in [3.05, 3.63) is 47.0 Å². The van der Waals surface area contributed by atoms with Crippen LogP contribution in [0.1, 0.15) is 23.3 Å². The van der Waals surface area contributed by atoms with Crippen LogP contribution in [0.5, 0.6) is 0 Å². The molecule has 4 heterocycles. The molecule has 3 aromatic heterocycles. The lowest BCUT2D eigenvalue weighted by atomic mass is 10.2. The Hall–Kier alpha value is -1.99. The summed E-state index contributed by atoms with van der Waals surface area (Å²) in [4.78, 5) is 20.4. The van der Waals surface area contributed by atoms with Crippen molar-refractivity contribution in [3.63, 3.8) is 0 Å². The molecule has 0 radical (unpaired) electrons. The Labute approximate surface area is 142 Å². The summed E-state index contributed by atoms with van der Waals surface area (Å²) in [5.41, 5.74) is 0.561. The highest BCUT2D eigenvalue weighted by Gasteiger charge is 2.31. The first kappa shape index (κ1) is 14.6. The van der Waals surface area contributed by atoms with Crippen LogP contribution in [0.3, 0.4) is 0 Å². The van der Waals surface area contributed by atoms with Gasteiger partial charge in [0.15, 0.2) is 0 Å². The maximum absolute atomic E-state index is 12.8. The first-order valence-corrected chi connectivity index (χ1v) is 9.35. The summed E-state index contributed by atoms with van der Waals surface area (Å²) in [5, 5.41) is 9.08. The first-order chi connectivity index (χ1) is 11.3. The summed E-state index contributed by atoms with van der Waals surface area (Å²) in [6.45, 7) is 1.55. The van der Waals surface area contributed by atoms with E-state index in [9.17, 15) is 4.79 Å². The highest BCUT2D eigenvalue weighted by molar-refractivity contribution is 7.20. The van der Waals surface area contributed by atoms with Crippen LogP contribution in [0.2, 0.25) is 0 Å². The second kappa shape index (κ2) is 6.25. The van der Waals surface area contributed by atoms with Gasteiger partial charge in [-0.05, 0) is 30.4 Å². The van der Waals surface area contributed by atoms with E-state index in [4.69, 9.17) is 0 Å². The number of thiophene rings is 1. The maximum atomic E-state index is 12.8. The molecule has 1 aliphatic heterocycles. The quantitative estimate of drug-likeness (QED) is 0.729. The smallest absolute Gasteiger partial charge is 0.273 e. The number of rotatable bonds is 4. The monoisotopic (exact) mass is 344 g/mol. The fourth-order valence-corrected chi connectivity index (χ4v) is 4.56. The van der Waals surface area contributed by atoms with Crippen molar-refractivity contribution in [2.75, 3.05) is 6.54 Å². The SMILES string of the molecule is O=C(c1csc(-c2cccs2)n1)N1CCC[C@H]1Cn1cccn1. The van der Waals surface area contributed by atoms with Gasteiger partial charge in [0.25, 0.3) is 5.91 Å². The lowest BCUT2D eigenvalue weighted by molar-refractivity contribution is 0.0716. The molecular weight excluding hydrogens is 328 g/mol. The molecule has 0 spiro atoms.